The summed E-state index contributed by atoms with van der Waals surface area (Å²) in [5.41, 5.74) is 7.36. The molecule has 1 aliphatic rings. The SMILES string of the molecule is Cc1ccc(C2NNC=C2Br)c(F)c1. The average molecular weight is 257 g/mol. The Labute approximate surface area is 90.3 Å². The van der Waals surface area contributed by atoms with Gasteiger partial charge in [-0.3, -0.25) is 0 Å². The summed E-state index contributed by atoms with van der Waals surface area (Å²) in [6, 6.07) is 5.11. The Bertz CT molecular complexity index is 390. The number of benzene rings is 1. The van der Waals surface area contributed by atoms with Gasteiger partial charge in [0.05, 0.1) is 6.04 Å². The first kappa shape index (κ1) is 9.68. The molecule has 1 aliphatic heterocycles. The van der Waals surface area contributed by atoms with Gasteiger partial charge in [0.2, 0.25) is 0 Å². The van der Waals surface area contributed by atoms with Gasteiger partial charge < -0.3 is 5.43 Å². The standard InChI is InChI=1S/C10H10BrFN2/c1-6-2-3-7(9(12)4-6)10-8(11)5-13-14-10/h2-5,10,13-14H,1H3. The molecular formula is C10H10BrFN2. The van der Waals surface area contributed by atoms with Crippen LogP contribution in [0.4, 0.5) is 4.39 Å². The molecule has 1 atom stereocenters. The van der Waals surface area contributed by atoms with Crippen molar-refractivity contribution in [1.82, 2.24) is 10.9 Å². The molecule has 2 nitrogen and oxygen atoms in total. The molecule has 2 N–H and O–H groups in total. The lowest BCUT2D eigenvalue weighted by atomic mass is 10.1. The minimum atomic E-state index is -0.184. The van der Waals surface area contributed by atoms with Crippen LogP contribution in [0.2, 0.25) is 0 Å². The second kappa shape index (κ2) is 3.71. The molecule has 0 aromatic heterocycles. The summed E-state index contributed by atoms with van der Waals surface area (Å²) >= 11 is 3.36. The Morgan fingerprint density at radius 2 is 2.21 bits per heavy atom. The highest BCUT2D eigenvalue weighted by molar-refractivity contribution is 9.11. The fourth-order valence-electron chi connectivity index (χ4n) is 1.44. The molecule has 14 heavy (non-hydrogen) atoms. The van der Waals surface area contributed by atoms with Crippen LogP contribution >= 0.6 is 15.9 Å². The van der Waals surface area contributed by atoms with E-state index in [-0.39, 0.29) is 11.9 Å². The van der Waals surface area contributed by atoms with Gasteiger partial charge in [0.15, 0.2) is 0 Å². The van der Waals surface area contributed by atoms with Crippen LogP contribution in [0.1, 0.15) is 17.2 Å². The molecule has 0 spiro atoms. The third kappa shape index (κ3) is 1.67. The van der Waals surface area contributed by atoms with Crippen molar-refractivity contribution in [3.8, 4) is 0 Å². The van der Waals surface area contributed by atoms with Crippen molar-refractivity contribution in [1.29, 1.82) is 0 Å². The molecule has 0 bridgehead atoms. The van der Waals surface area contributed by atoms with E-state index < -0.39 is 0 Å². The van der Waals surface area contributed by atoms with Crippen LogP contribution in [0, 0.1) is 12.7 Å². The molecule has 0 saturated heterocycles. The maximum atomic E-state index is 13.6. The minimum absolute atomic E-state index is 0.129. The summed E-state index contributed by atoms with van der Waals surface area (Å²) < 4.78 is 14.5. The van der Waals surface area contributed by atoms with Crippen molar-refractivity contribution in [2.45, 2.75) is 13.0 Å². The maximum Gasteiger partial charge on any atom is 0.128 e. The molecule has 74 valence electrons. The number of hydrazine groups is 1. The van der Waals surface area contributed by atoms with Crippen LogP contribution < -0.4 is 10.9 Å². The number of nitrogens with one attached hydrogen (secondary N) is 2. The summed E-state index contributed by atoms with van der Waals surface area (Å²) in [6.45, 7) is 1.87. The smallest absolute Gasteiger partial charge is 0.128 e. The summed E-state index contributed by atoms with van der Waals surface area (Å²) in [4.78, 5) is 0. The van der Waals surface area contributed by atoms with Crippen molar-refractivity contribution in [3.63, 3.8) is 0 Å². The minimum Gasteiger partial charge on any atom is -0.327 e. The fraction of sp³-hybridized carbons (Fsp3) is 0.200. The van der Waals surface area contributed by atoms with Crippen molar-refractivity contribution in [3.05, 3.63) is 45.8 Å². The van der Waals surface area contributed by atoms with Crippen LogP contribution in [-0.2, 0) is 0 Å². The number of aryl methyl sites for hydroxylation is 1. The second-order valence-corrected chi connectivity index (χ2v) is 4.19. The normalized spacial score (nSPS) is 20.5. The van der Waals surface area contributed by atoms with Crippen LogP contribution in [0.15, 0.2) is 28.9 Å². The van der Waals surface area contributed by atoms with E-state index in [2.05, 4.69) is 26.8 Å². The molecule has 0 radical (unpaired) electrons. The molecule has 0 amide bonds. The summed E-state index contributed by atoms with van der Waals surface area (Å²) in [5.74, 6) is -0.184. The van der Waals surface area contributed by atoms with E-state index in [1.54, 1.807) is 12.3 Å². The number of rotatable bonds is 1. The first-order valence-electron chi connectivity index (χ1n) is 4.31. The van der Waals surface area contributed by atoms with Gasteiger partial charge in [0, 0.05) is 16.2 Å². The van der Waals surface area contributed by atoms with Crippen molar-refractivity contribution in [2.24, 2.45) is 0 Å². The zero-order chi connectivity index (χ0) is 10.1. The molecule has 0 fully saturated rings. The Morgan fingerprint density at radius 1 is 1.43 bits per heavy atom. The Kier molecular flexibility index (Phi) is 2.56. The zero-order valence-corrected chi connectivity index (χ0v) is 9.23. The lowest BCUT2D eigenvalue weighted by molar-refractivity contribution is 0.552. The second-order valence-electron chi connectivity index (χ2n) is 3.28. The van der Waals surface area contributed by atoms with E-state index in [0.29, 0.717) is 5.56 Å². The summed E-state index contributed by atoms with van der Waals surface area (Å²) in [5, 5.41) is 0. The summed E-state index contributed by atoms with van der Waals surface area (Å²) in [7, 11) is 0. The highest BCUT2D eigenvalue weighted by Gasteiger charge is 2.21. The quantitative estimate of drug-likeness (QED) is 0.807. The Morgan fingerprint density at radius 3 is 2.79 bits per heavy atom. The van der Waals surface area contributed by atoms with Gasteiger partial charge in [-0.1, -0.05) is 28.1 Å². The number of hydrogen-bond donors (Lipinski definition) is 2. The van der Waals surface area contributed by atoms with Crippen molar-refractivity contribution < 1.29 is 4.39 Å². The Hall–Kier alpha value is -0.870. The monoisotopic (exact) mass is 256 g/mol. The van der Waals surface area contributed by atoms with Crippen molar-refractivity contribution in [2.75, 3.05) is 0 Å². The topological polar surface area (TPSA) is 24.1 Å². The zero-order valence-electron chi connectivity index (χ0n) is 7.64. The molecule has 4 heteroatoms. The summed E-state index contributed by atoms with van der Waals surface area (Å²) in [6.07, 6.45) is 1.77. The molecule has 1 unspecified atom stereocenters. The Balaban J connectivity index is 2.37. The predicted octanol–water partition coefficient (Wildman–Crippen LogP) is 2.52. The first-order chi connectivity index (χ1) is 6.68. The highest BCUT2D eigenvalue weighted by Crippen LogP contribution is 2.29. The molecular weight excluding hydrogens is 247 g/mol. The third-order valence-corrected chi connectivity index (χ3v) is 2.87. The number of hydrogen-bond acceptors (Lipinski definition) is 2. The molecule has 2 rings (SSSR count). The average Bonchev–Trinajstić information content (AvgIpc) is 2.52. The van der Waals surface area contributed by atoms with Gasteiger partial charge in [0.1, 0.15) is 5.82 Å². The van der Waals surface area contributed by atoms with Crippen LogP contribution in [0.3, 0.4) is 0 Å². The van der Waals surface area contributed by atoms with Gasteiger partial charge >= 0.3 is 0 Å². The van der Waals surface area contributed by atoms with E-state index in [1.165, 1.54) is 6.07 Å². The van der Waals surface area contributed by atoms with Crippen molar-refractivity contribution >= 4 is 15.9 Å². The van der Waals surface area contributed by atoms with E-state index in [4.69, 9.17) is 0 Å². The van der Waals surface area contributed by atoms with E-state index in [9.17, 15) is 4.39 Å². The van der Waals surface area contributed by atoms with Crippen LogP contribution in [0.25, 0.3) is 0 Å². The van der Waals surface area contributed by atoms with Gasteiger partial charge in [0.25, 0.3) is 0 Å². The largest absolute Gasteiger partial charge is 0.327 e. The van der Waals surface area contributed by atoms with Gasteiger partial charge in [-0.25, -0.2) is 9.82 Å². The van der Waals surface area contributed by atoms with E-state index in [0.717, 1.165) is 10.0 Å². The number of halogens is 2. The molecule has 0 aliphatic carbocycles. The van der Waals surface area contributed by atoms with E-state index >= 15 is 0 Å². The molecule has 0 saturated carbocycles. The van der Waals surface area contributed by atoms with Gasteiger partial charge in [-0.05, 0) is 18.6 Å². The first-order valence-corrected chi connectivity index (χ1v) is 5.10. The van der Waals surface area contributed by atoms with E-state index in [1.807, 2.05) is 13.0 Å². The molecule has 1 aromatic rings. The van der Waals surface area contributed by atoms with Gasteiger partial charge in [-0.2, -0.15) is 0 Å². The maximum absolute atomic E-state index is 13.6. The van der Waals surface area contributed by atoms with Crippen LogP contribution in [-0.4, -0.2) is 0 Å². The lowest BCUT2D eigenvalue weighted by Crippen LogP contribution is -2.25. The molecule has 1 heterocycles. The van der Waals surface area contributed by atoms with Crippen LogP contribution in [0.5, 0.6) is 0 Å². The molecule has 1 aromatic carbocycles. The fourth-order valence-corrected chi connectivity index (χ4v) is 1.91. The third-order valence-electron chi connectivity index (χ3n) is 2.18. The highest BCUT2D eigenvalue weighted by atomic mass is 79.9. The predicted molar refractivity (Wildman–Crippen MR) is 57.2 cm³/mol. The lowest BCUT2D eigenvalue weighted by Gasteiger charge is -2.12. The van der Waals surface area contributed by atoms with Gasteiger partial charge in [-0.15, -0.1) is 0 Å².